The van der Waals surface area contributed by atoms with Crippen LogP contribution in [0.1, 0.15) is 284 Å². The van der Waals surface area contributed by atoms with Crippen molar-refractivity contribution in [3.63, 3.8) is 0 Å². The van der Waals surface area contributed by atoms with Crippen molar-refractivity contribution in [3.05, 3.63) is 60.8 Å². The summed E-state index contributed by atoms with van der Waals surface area (Å²) >= 11 is 0. The number of allylic oxidation sites excluding steroid dienone is 10. The molecule has 6 heteroatoms. The molecule has 0 rings (SSSR count). The van der Waals surface area contributed by atoms with Gasteiger partial charge in [-0.25, -0.2) is 0 Å². The number of hydrogen-bond acceptors (Lipinski definition) is 6. The zero-order chi connectivity index (χ0) is 47.9. The fourth-order valence-corrected chi connectivity index (χ4v) is 7.90. The molecule has 0 fully saturated rings. The van der Waals surface area contributed by atoms with Gasteiger partial charge in [-0.15, -0.1) is 0 Å². The van der Waals surface area contributed by atoms with E-state index in [0.717, 1.165) is 96.3 Å². The molecule has 0 aromatic rings. The average Bonchev–Trinajstić information content (AvgIpc) is 3.31. The SMILES string of the molecule is CCCC/C=C\C/C=C\CCCCCCCC(=O)OC[C@H](COC(=O)CCCCCCCCCCC/C=C\C/C=C\CCCCC)OC(=O)CCCCCCC/C=C\CCCCCCCC. The van der Waals surface area contributed by atoms with Crippen LogP contribution in [-0.4, -0.2) is 37.2 Å². The number of esters is 3. The Morgan fingerprint density at radius 2 is 0.561 bits per heavy atom. The topological polar surface area (TPSA) is 78.9 Å². The highest BCUT2D eigenvalue weighted by Gasteiger charge is 2.19. The fraction of sp³-hybridized carbons (Fsp3) is 0.783. The van der Waals surface area contributed by atoms with E-state index in [2.05, 4.69) is 81.5 Å². The lowest BCUT2D eigenvalue weighted by molar-refractivity contribution is -0.167. The molecule has 0 aliphatic carbocycles. The van der Waals surface area contributed by atoms with Crippen LogP contribution in [0.25, 0.3) is 0 Å². The highest BCUT2D eigenvalue weighted by molar-refractivity contribution is 5.71. The molecule has 0 radical (unpaired) electrons. The third-order valence-corrected chi connectivity index (χ3v) is 12.2. The molecule has 66 heavy (non-hydrogen) atoms. The first-order valence-corrected chi connectivity index (χ1v) is 28.3. The molecule has 6 nitrogen and oxygen atoms in total. The van der Waals surface area contributed by atoms with Crippen molar-refractivity contribution in [1.82, 2.24) is 0 Å². The van der Waals surface area contributed by atoms with Crippen LogP contribution in [0.5, 0.6) is 0 Å². The van der Waals surface area contributed by atoms with Gasteiger partial charge in [-0.2, -0.15) is 0 Å². The Morgan fingerprint density at radius 1 is 0.303 bits per heavy atom. The molecule has 0 N–H and O–H groups in total. The molecule has 0 aliphatic rings. The normalized spacial score (nSPS) is 12.5. The van der Waals surface area contributed by atoms with Crippen molar-refractivity contribution in [2.24, 2.45) is 0 Å². The second-order valence-electron chi connectivity index (χ2n) is 18.8. The lowest BCUT2D eigenvalue weighted by atomic mass is 10.1. The van der Waals surface area contributed by atoms with E-state index in [1.54, 1.807) is 0 Å². The summed E-state index contributed by atoms with van der Waals surface area (Å²) in [6, 6.07) is 0. The lowest BCUT2D eigenvalue weighted by Gasteiger charge is -2.18. The van der Waals surface area contributed by atoms with Crippen molar-refractivity contribution in [2.45, 2.75) is 290 Å². The maximum atomic E-state index is 12.8. The molecular weight excluding hydrogens is 817 g/mol. The number of carbonyl (C=O) groups is 3. The number of rotatable bonds is 51. The molecule has 0 unspecified atom stereocenters. The van der Waals surface area contributed by atoms with Gasteiger partial charge in [-0.1, -0.05) is 223 Å². The average molecular weight is 924 g/mol. The van der Waals surface area contributed by atoms with Crippen molar-refractivity contribution >= 4 is 17.9 Å². The van der Waals surface area contributed by atoms with E-state index in [1.165, 1.54) is 148 Å². The quantitative estimate of drug-likeness (QED) is 0.0262. The minimum Gasteiger partial charge on any atom is -0.462 e. The van der Waals surface area contributed by atoms with Gasteiger partial charge in [-0.3, -0.25) is 14.4 Å². The summed E-state index contributed by atoms with van der Waals surface area (Å²) in [5.74, 6) is -0.902. The van der Waals surface area contributed by atoms with Crippen LogP contribution in [0, 0.1) is 0 Å². The number of carbonyl (C=O) groups excluding carboxylic acids is 3. The standard InChI is InChI=1S/C60H106O6/c1-4-7-10-13-16-19-22-25-28-29-30-31-33-35-38-41-44-47-50-53-59(62)65-56-57(55-64-58(61)52-49-46-43-40-37-34-27-24-21-18-15-12-9-6-3)66-60(63)54-51-48-45-42-39-36-32-26-23-20-17-14-11-8-5-2/h15-16,18-19,24-28,32,57H,4-14,17,20-23,29-31,33-56H2,1-3H3/b18-15-,19-16-,27-24-,28-25-,32-26-/t57-/m1/s1. The predicted molar refractivity (Wildman–Crippen MR) is 284 cm³/mol. The predicted octanol–water partition coefficient (Wildman–Crippen LogP) is 18.8. The Morgan fingerprint density at radius 3 is 0.924 bits per heavy atom. The largest absolute Gasteiger partial charge is 0.462 e. The molecule has 0 saturated heterocycles. The van der Waals surface area contributed by atoms with Crippen LogP contribution < -0.4 is 0 Å². The van der Waals surface area contributed by atoms with Gasteiger partial charge in [0, 0.05) is 19.3 Å². The maximum absolute atomic E-state index is 12.8. The lowest BCUT2D eigenvalue weighted by Crippen LogP contribution is -2.30. The third-order valence-electron chi connectivity index (χ3n) is 12.2. The van der Waals surface area contributed by atoms with Crippen LogP contribution in [-0.2, 0) is 28.6 Å². The van der Waals surface area contributed by atoms with Crippen molar-refractivity contribution in [2.75, 3.05) is 13.2 Å². The van der Waals surface area contributed by atoms with Crippen molar-refractivity contribution < 1.29 is 28.6 Å². The molecule has 1 atom stereocenters. The van der Waals surface area contributed by atoms with E-state index in [0.29, 0.717) is 19.3 Å². The van der Waals surface area contributed by atoms with E-state index in [9.17, 15) is 14.4 Å². The summed E-state index contributed by atoms with van der Waals surface area (Å²) in [6.07, 6.45) is 67.7. The van der Waals surface area contributed by atoms with Gasteiger partial charge in [0.15, 0.2) is 6.10 Å². The summed E-state index contributed by atoms with van der Waals surface area (Å²) < 4.78 is 16.8. The highest BCUT2D eigenvalue weighted by Crippen LogP contribution is 2.15. The molecule has 0 heterocycles. The van der Waals surface area contributed by atoms with Gasteiger partial charge < -0.3 is 14.2 Å². The summed E-state index contributed by atoms with van der Waals surface area (Å²) in [7, 11) is 0. The molecule has 0 spiro atoms. The minimum absolute atomic E-state index is 0.0835. The number of ether oxygens (including phenoxy) is 3. The van der Waals surface area contributed by atoms with Gasteiger partial charge in [0.05, 0.1) is 0 Å². The minimum atomic E-state index is -0.785. The second kappa shape index (κ2) is 54.7. The third kappa shape index (κ3) is 52.1. The van der Waals surface area contributed by atoms with E-state index < -0.39 is 6.10 Å². The molecular formula is C60H106O6. The van der Waals surface area contributed by atoms with Crippen molar-refractivity contribution in [3.8, 4) is 0 Å². The Bertz CT molecular complexity index is 1200. The smallest absolute Gasteiger partial charge is 0.306 e. The molecule has 0 aliphatic heterocycles. The summed E-state index contributed by atoms with van der Waals surface area (Å²) in [6.45, 7) is 6.57. The Balaban J connectivity index is 4.38. The molecule has 382 valence electrons. The first-order valence-electron chi connectivity index (χ1n) is 28.3. The molecule has 0 aromatic carbocycles. The van der Waals surface area contributed by atoms with Gasteiger partial charge in [-0.05, 0) is 103 Å². The van der Waals surface area contributed by atoms with Crippen LogP contribution in [0.4, 0.5) is 0 Å². The molecule has 0 saturated carbocycles. The highest BCUT2D eigenvalue weighted by atomic mass is 16.6. The Kier molecular flexibility index (Phi) is 52.3. The summed E-state index contributed by atoms with van der Waals surface area (Å²) in [5, 5.41) is 0. The Labute approximate surface area is 409 Å². The van der Waals surface area contributed by atoms with Gasteiger partial charge in [0.25, 0.3) is 0 Å². The van der Waals surface area contributed by atoms with Crippen LogP contribution >= 0.6 is 0 Å². The molecule has 0 bridgehead atoms. The van der Waals surface area contributed by atoms with Crippen LogP contribution in [0.2, 0.25) is 0 Å². The number of hydrogen-bond donors (Lipinski definition) is 0. The zero-order valence-electron chi connectivity index (χ0n) is 43.7. The Hall–Kier alpha value is -2.89. The maximum Gasteiger partial charge on any atom is 0.306 e. The summed E-state index contributed by atoms with van der Waals surface area (Å²) in [4.78, 5) is 38.1. The van der Waals surface area contributed by atoms with Crippen molar-refractivity contribution in [1.29, 1.82) is 0 Å². The van der Waals surface area contributed by atoms with Crippen LogP contribution in [0.15, 0.2) is 60.8 Å². The fourth-order valence-electron chi connectivity index (χ4n) is 7.90. The zero-order valence-corrected chi connectivity index (χ0v) is 43.7. The van der Waals surface area contributed by atoms with E-state index in [-0.39, 0.29) is 31.1 Å². The van der Waals surface area contributed by atoms with E-state index >= 15 is 0 Å². The van der Waals surface area contributed by atoms with Gasteiger partial charge >= 0.3 is 17.9 Å². The number of unbranched alkanes of at least 4 members (excludes halogenated alkanes) is 30. The van der Waals surface area contributed by atoms with E-state index in [4.69, 9.17) is 14.2 Å². The summed E-state index contributed by atoms with van der Waals surface area (Å²) in [5.41, 5.74) is 0. The van der Waals surface area contributed by atoms with Gasteiger partial charge in [0.1, 0.15) is 13.2 Å². The first kappa shape index (κ1) is 63.1. The van der Waals surface area contributed by atoms with E-state index in [1.807, 2.05) is 0 Å². The first-order chi connectivity index (χ1) is 32.5. The monoisotopic (exact) mass is 923 g/mol. The molecule has 0 aromatic heterocycles. The molecule has 0 amide bonds. The van der Waals surface area contributed by atoms with Crippen LogP contribution in [0.3, 0.4) is 0 Å². The van der Waals surface area contributed by atoms with Gasteiger partial charge in [0.2, 0.25) is 0 Å². The second-order valence-corrected chi connectivity index (χ2v) is 18.8.